The van der Waals surface area contributed by atoms with Crippen molar-refractivity contribution in [1.82, 2.24) is 19.9 Å². The van der Waals surface area contributed by atoms with Gasteiger partial charge in [0.25, 0.3) is 0 Å². The van der Waals surface area contributed by atoms with E-state index < -0.39 is 0 Å². The number of H-pyrrole nitrogens is 1. The van der Waals surface area contributed by atoms with Gasteiger partial charge in [0.1, 0.15) is 11.6 Å². The average Bonchev–Trinajstić information content (AvgIpc) is 3.34. The quantitative estimate of drug-likeness (QED) is 0.619. The van der Waals surface area contributed by atoms with Gasteiger partial charge in [-0.2, -0.15) is 0 Å². The maximum absolute atomic E-state index is 11.6. The Morgan fingerprint density at radius 1 is 1.09 bits per heavy atom. The topological polar surface area (TPSA) is 86.4 Å². The van der Waals surface area contributed by atoms with Crippen molar-refractivity contribution in [2.75, 3.05) is 43.1 Å². The monoisotopic (exact) mass is 458 g/mol. The van der Waals surface area contributed by atoms with Crippen LogP contribution < -0.4 is 15.8 Å². The van der Waals surface area contributed by atoms with Crippen molar-refractivity contribution >= 4 is 17.3 Å². The Morgan fingerprint density at radius 2 is 1.97 bits per heavy atom. The second-order valence-corrected chi connectivity index (χ2v) is 9.43. The summed E-state index contributed by atoms with van der Waals surface area (Å²) in [5, 5.41) is 3.25. The third kappa shape index (κ3) is 3.97. The third-order valence-corrected chi connectivity index (χ3v) is 7.18. The molecule has 34 heavy (non-hydrogen) atoms. The third-order valence-electron chi connectivity index (χ3n) is 7.18. The zero-order valence-electron chi connectivity index (χ0n) is 19.5. The lowest BCUT2D eigenvalue weighted by atomic mass is 9.97. The molecule has 8 heteroatoms. The Balaban J connectivity index is 1.37. The minimum Gasteiger partial charge on any atom is -0.377 e. The van der Waals surface area contributed by atoms with Crippen molar-refractivity contribution in [2.24, 2.45) is 0 Å². The minimum atomic E-state index is -0.130. The molecule has 2 fully saturated rings. The fourth-order valence-electron chi connectivity index (χ4n) is 5.45. The van der Waals surface area contributed by atoms with Crippen LogP contribution in [0.3, 0.4) is 0 Å². The molecule has 2 atom stereocenters. The largest absolute Gasteiger partial charge is 0.377 e. The van der Waals surface area contributed by atoms with E-state index in [9.17, 15) is 4.79 Å². The number of ether oxygens (including phenoxy) is 1. The highest BCUT2D eigenvalue weighted by Gasteiger charge is 2.36. The molecule has 2 unspecified atom stereocenters. The van der Waals surface area contributed by atoms with Gasteiger partial charge in [-0.15, -0.1) is 0 Å². The molecule has 3 aliphatic rings. The Bertz CT molecular complexity index is 1240. The highest BCUT2D eigenvalue weighted by Crippen LogP contribution is 2.41. The van der Waals surface area contributed by atoms with Crippen molar-refractivity contribution in [3.05, 3.63) is 64.1 Å². The number of nitrogens with one attached hydrogen (secondary N) is 2. The summed E-state index contributed by atoms with van der Waals surface area (Å²) in [7, 11) is 0. The first-order chi connectivity index (χ1) is 16.7. The minimum absolute atomic E-state index is 0.130. The Morgan fingerprint density at radius 3 is 2.79 bits per heavy atom. The number of fused-ring (bicyclic) bond motifs is 3. The summed E-state index contributed by atoms with van der Waals surface area (Å²) in [6.45, 7) is 6.78. The van der Waals surface area contributed by atoms with Gasteiger partial charge >= 0.3 is 0 Å². The predicted molar refractivity (Wildman–Crippen MR) is 133 cm³/mol. The number of aromatic amines is 1. The van der Waals surface area contributed by atoms with Gasteiger partial charge in [0.15, 0.2) is 5.82 Å². The fraction of sp³-hybridized carbons (Fsp3) is 0.423. The van der Waals surface area contributed by atoms with E-state index in [0.717, 1.165) is 62.2 Å². The lowest BCUT2D eigenvalue weighted by molar-refractivity contribution is 0.0983. The lowest BCUT2D eigenvalue weighted by Gasteiger charge is -2.38. The smallest absolute Gasteiger partial charge is 0.249 e. The van der Waals surface area contributed by atoms with E-state index in [2.05, 4.69) is 27.0 Å². The molecule has 3 aliphatic heterocycles. The zero-order valence-corrected chi connectivity index (χ0v) is 19.5. The van der Waals surface area contributed by atoms with Crippen LogP contribution in [0.25, 0.3) is 11.4 Å². The number of benzene rings is 1. The van der Waals surface area contributed by atoms with Crippen LogP contribution in [-0.2, 0) is 11.2 Å². The van der Waals surface area contributed by atoms with E-state index in [1.165, 1.54) is 30.2 Å². The molecular weight excluding hydrogens is 428 g/mol. The van der Waals surface area contributed by atoms with Crippen molar-refractivity contribution in [1.29, 1.82) is 0 Å². The molecule has 0 amide bonds. The summed E-state index contributed by atoms with van der Waals surface area (Å²) < 4.78 is 5.71. The van der Waals surface area contributed by atoms with Crippen LogP contribution in [0.1, 0.15) is 37.1 Å². The number of hydrogen-bond acceptors (Lipinski definition) is 7. The Hall–Kier alpha value is -3.23. The van der Waals surface area contributed by atoms with Crippen LogP contribution in [0.4, 0.5) is 17.3 Å². The predicted octanol–water partition coefficient (Wildman–Crippen LogP) is 3.49. The van der Waals surface area contributed by atoms with Crippen LogP contribution in [-0.4, -0.2) is 58.7 Å². The summed E-state index contributed by atoms with van der Waals surface area (Å²) >= 11 is 0. The molecular formula is C26H30N6O2. The van der Waals surface area contributed by atoms with Crippen LogP contribution in [0.5, 0.6) is 0 Å². The Kier molecular flexibility index (Phi) is 5.55. The van der Waals surface area contributed by atoms with Crippen molar-refractivity contribution in [3.63, 3.8) is 0 Å². The average molecular weight is 459 g/mol. The highest BCUT2D eigenvalue weighted by atomic mass is 16.5. The van der Waals surface area contributed by atoms with Gasteiger partial charge in [0, 0.05) is 36.0 Å². The van der Waals surface area contributed by atoms with Gasteiger partial charge in [-0.25, -0.2) is 9.97 Å². The molecule has 2 saturated heterocycles. The fourth-order valence-corrected chi connectivity index (χ4v) is 5.45. The maximum atomic E-state index is 11.6. The van der Waals surface area contributed by atoms with Gasteiger partial charge in [0.05, 0.1) is 31.0 Å². The van der Waals surface area contributed by atoms with Gasteiger partial charge in [0.2, 0.25) is 5.56 Å². The van der Waals surface area contributed by atoms with Crippen molar-refractivity contribution in [2.45, 2.75) is 38.3 Å². The summed E-state index contributed by atoms with van der Waals surface area (Å²) in [5.74, 6) is 2.53. The standard InChI is InChI=1S/C26H30N6O2/c1-17-16-34-15-14-32(17)26-20-11-13-31-12-3-4-21(31)24(20)29-25(30-26)18-7-9-19(10-8-18)27-22-5-2-6-23(33)28-22/h2,5-10,17,21H,3-4,11-16H2,1H3,(H2,27,28,33). The molecule has 1 aromatic carbocycles. The molecule has 176 valence electrons. The van der Waals surface area contributed by atoms with E-state index in [1.54, 1.807) is 6.07 Å². The van der Waals surface area contributed by atoms with E-state index in [1.807, 2.05) is 30.3 Å². The SMILES string of the molecule is CC1COCCN1c1nc(-c2ccc(Nc3cccc(=O)[nH]3)cc2)nc2c1CCN1CCCC21. The first-order valence-corrected chi connectivity index (χ1v) is 12.2. The molecule has 0 radical (unpaired) electrons. The molecule has 5 heterocycles. The van der Waals surface area contributed by atoms with Crippen molar-refractivity contribution in [3.8, 4) is 11.4 Å². The molecule has 0 saturated carbocycles. The molecule has 6 rings (SSSR count). The second-order valence-electron chi connectivity index (χ2n) is 9.43. The zero-order chi connectivity index (χ0) is 23.1. The lowest BCUT2D eigenvalue weighted by Crippen LogP contribution is -2.45. The normalized spacial score (nSPS) is 22.3. The van der Waals surface area contributed by atoms with Crippen molar-refractivity contribution < 1.29 is 4.74 Å². The van der Waals surface area contributed by atoms with Crippen LogP contribution in [0, 0.1) is 0 Å². The number of morpholine rings is 1. The van der Waals surface area contributed by atoms with Crippen LogP contribution in [0.2, 0.25) is 0 Å². The van der Waals surface area contributed by atoms with Gasteiger partial charge in [-0.3, -0.25) is 9.69 Å². The van der Waals surface area contributed by atoms with Gasteiger partial charge in [-0.05, 0) is 63.1 Å². The number of hydrogen-bond donors (Lipinski definition) is 2. The van der Waals surface area contributed by atoms with Crippen LogP contribution in [0.15, 0.2) is 47.3 Å². The Labute approximate surface area is 199 Å². The number of rotatable bonds is 4. The number of pyridine rings is 1. The maximum Gasteiger partial charge on any atom is 0.249 e. The van der Waals surface area contributed by atoms with E-state index >= 15 is 0 Å². The van der Waals surface area contributed by atoms with Gasteiger partial charge < -0.3 is 19.9 Å². The van der Waals surface area contributed by atoms with Gasteiger partial charge in [-0.1, -0.05) is 6.07 Å². The molecule has 8 nitrogen and oxygen atoms in total. The summed E-state index contributed by atoms with van der Waals surface area (Å²) in [5.41, 5.74) is 4.30. The first-order valence-electron chi connectivity index (χ1n) is 12.2. The molecule has 0 aliphatic carbocycles. The molecule has 0 spiro atoms. The highest BCUT2D eigenvalue weighted by molar-refractivity contribution is 5.66. The number of anilines is 3. The second kappa shape index (κ2) is 8.85. The van der Waals surface area contributed by atoms with E-state index in [-0.39, 0.29) is 5.56 Å². The molecule has 3 aromatic rings. The summed E-state index contributed by atoms with van der Waals surface area (Å²) in [4.78, 5) is 29.7. The molecule has 2 aromatic heterocycles. The molecule has 2 N–H and O–H groups in total. The number of aromatic nitrogens is 3. The summed E-state index contributed by atoms with van der Waals surface area (Å²) in [6, 6.07) is 13.9. The van der Waals surface area contributed by atoms with E-state index in [0.29, 0.717) is 17.9 Å². The first kappa shape index (κ1) is 21.3. The van der Waals surface area contributed by atoms with E-state index in [4.69, 9.17) is 14.7 Å². The molecule has 0 bridgehead atoms. The van der Waals surface area contributed by atoms with Crippen LogP contribution >= 0.6 is 0 Å². The number of nitrogens with zero attached hydrogens (tertiary/aromatic N) is 4. The summed E-state index contributed by atoms with van der Waals surface area (Å²) in [6.07, 6.45) is 3.40.